The van der Waals surface area contributed by atoms with Crippen molar-refractivity contribution in [2.75, 3.05) is 0 Å². The van der Waals surface area contributed by atoms with E-state index in [9.17, 15) is 0 Å². The van der Waals surface area contributed by atoms with Crippen LogP contribution in [0, 0.1) is 0 Å². The van der Waals surface area contributed by atoms with Crippen molar-refractivity contribution in [1.29, 1.82) is 0 Å². The summed E-state index contributed by atoms with van der Waals surface area (Å²) in [5.41, 5.74) is 2.36. The van der Waals surface area contributed by atoms with Crippen molar-refractivity contribution in [2.45, 2.75) is 13.5 Å². The van der Waals surface area contributed by atoms with E-state index in [0.717, 1.165) is 12.2 Å². The Morgan fingerprint density at radius 3 is 2.73 bits per heavy atom. The standard InChI is InChI=1S/C13H12N2/c1-2-15-12-8-4-3-6-10(12)11-7-5-9-14-13(11)15/h3-9H,2H2,1H3. The molecule has 15 heavy (non-hydrogen) atoms. The highest BCUT2D eigenvalue weighted by Gasteiger charge is 2.08. The fourth-order valence-corrected chi connectivity index (χ4v) is 2.19. The van der Waals surface area contributed by atoms with Crippen LogP contribution in [-0.2, 0) is 6.54 Å². The molecular weight excluding hydrogens is 184 g/mol. The zero-order chi connectivity index (χ0) is 10.3. The zero-order valence-electron chi connectivity index (χ0n) is 8.64. The van der Waals surface area contributed by atoms with Crippen LogP contribution in [0.2, 0.25) is 0 Å². The summed E-state index contributed by atoms with van der Waals surface area (Å²) in [4.78, 5) is 4.45. The number of benzene rings is 1. The lowest BCUT2D eigenvalue weighted by Gasteiger charge is -2.00. The molecule has 0 aliphatic rings. The average molecular weight is 196 g/mol. The van der Waals surface area contributed by atoms with Crippen LogP contribution >= 0.6 is 0 Å². The molecule has 3 rings (SSSR count). The third-order valence-electron chi connectivity index (χ3n) is 2.84. The lowest BCUT2D eigenvalue weighted by atomic mass is 10.2. The summed E-state index contributed by atoms with van der Waals surface area (Å²) < 4.78 is 2.25. The molecule has 0 radical (unpaired) electrons. The molecule has 74 valence electrons. The van der Waals surface area contributed by atoms with Crippen LogP contribution in [0.1, 0.15) is 6.92 Å². The fourth-order valence-electron chi connectivity index (χ4n) is 2.19. The molecule has 0 aliphatic heterocycles. The van der Waals surface area contributed by atoms with Gasteiger partial charge >= 0.3 is 0 Å². The maximum absolute atomic E-state index is 4.45. The largest absolute Gasteiger partial charge is 0.326 e. The normalized spacial score (nSPS) is 11.3. The highest BCUT2D eigenvalue weighted by Crippen LogP contribution is 2.26. The average Bonchev–Trinajstić information content (AvgIpc) is 2.63. The van der Waals surface area contributed by atoms with Crippen molar-refractivity contribution in [3.8, 4) is 0 Å². The molecule has 0 atom stereocenters. The number of pyridine rings is 1. The van der Waals surface area contributed by atoms with Gasteiger partial charge in [0.2, 0.25) is 0 Å². The predicted octanol–water partition coefficient (Wildman–Crippen LogP) is 3.21. The number of hydrogen-bond donors (Lipinski definition) is 0. The Bertz CT molecular complexity index is 569. The molecule has 2 heteroatoms. The highest BCUT2D eigenvalue weighted by atomic mass is 15.0. The molecule has 0 saturated heterocycles. The minimum absolute atomic E-state index is 0.959. The van der Waals surface area contributed by atoms with Crippen molar-refractivity contribution < 1.29 is 0 Å². The van der Waals surface area contributed by atoms with Gasteiger partial charge in [-0.2, -0.15) is 0 Å². The van der Waals surface area contributed by atoms with E-state index in [-0.39, 0.29) is 0 Å². The molecule has 0 amide bonds. The maximum Gasteiger partial charge on any atom is 0.140 e. The Hall–Kier alpha value is -1.83. The van der Waals surface area contributed by atoms with E-state index in [1.54, 1.807) is 0 Å². The Balaban J connectivity index is 2.62. The van der Waals surface area contributed by atoms with Crippen LogP contribution in [0.4, 0.5) is 0 Å². The Kier molecular flexibility index (Phi) is 1.75. The van der Waals surface area contributed by atoms with Crippen LogP contribution in [0.3, 0.4) is 0 Å². The van der Waals surface area contributed by atoms with Crippen molar-refractivity contribution in [3.05, 3.63) is 42.6 Å². The first-order chi connectivity index (χ1) is 7.42. The fraction of sp³-hybridized carbons (Fsp3) is 0.154. The van der Waals surface area contributed by atoms with Gasteiger partial charge in [-0.15, -0.1) is 0 Å². The first-order valence-corrected chi connectivity index (χ1v) is 5.24. The summed E-state index contributed by atoms with van der Waals surface area (Å²) >= 11 is 0. The summed E-state index contributed by atoms with van der Waals surface area (Å²) in [7, 11) is 0. The van der Waals surface area contributed by atoms with Gasteiger partial charge in [0, 0.05) is 23.5 Å². The number of para-hydroxylation sites is 1. The maximum atomic E-state index is 4.45. The molecule has 1 aromatic carbocycles. The molecule has 0 spiro atoms. The summed E-state index contributed by atoms with van der Waals surface area (Å²) in [6, 6.07) is 12.6. The minimum atomic E-state index is 0.959. The van der Waals surface area contributed by atoms with Gasteiger partial charge in [0.15, 0.2) is 0 Å². The van der Waals surface area contributed by atoms with Gasteiger partial charge in [0.05, 0.1) is 5.52 Å². The number of rotatable bonds is 1. The van der Waals surface area contributed by atoms with Gasteiger partial charge in [0.1, 0.15) is 5.65 Å². The quantitative estimate of drug-likeness (QED) is 0.584. The number of nitrogens with zero attached hydrogens (tertiary/aromatic N) is 2. The SMILES string of the molecule is CCn1c2ccccc2c2cccnc21. The Morgan fingerprint density at radius 1 is 1.07 bits per heavy atom. The van der Waals surface area contributed by atoms with E-state index >= 15 is 0 Å². The second-order valence-electron chi connectivity index (χ2n) is 3.64. The van der Waals surface area contributed by atoms with E-state index in [4.69, 9.17) is 0 Å². The molecule has 0 saturated carbocycles. The number of aromatic nitrogens is 2. The molecule has 2 aromatic heterocycles. The predicted molar refractivity (Wildman–Crippen MR) is 62.9 cm³/mol. The first kappa shape index (κ1) is 8.48. The smallest absolute Gasteiger partial charge is 0.140 e. The molecule has 0 fully saturated rings. The van der Waals surface area contributed by atoms with Crippen LogP contribution in [0.5, 0.6) is 0 Å². The number of aryl methyl sites for hydroxylation is 1. The van der Waals surface area contributed by atoms with E-state index in [1.807, 2.05) is 12.3 Å². The molecular formula is C13H12N2. The van der Waals surface area contributed by atoms with Crippen molar-refractivity contribution >= 4 is 21.9 Å². The van der Waals surface area contributed by atoms with E-state index in [1.165, 1.54) is 16.3 Å². The van der Waals surface area contributed by atoms with E-state index < -0.39 is 0 Å². The Labute approximate surface area is 88.2 Å². The van der Waals surface area contributed by atoms with E-state index in [0.29, 0.717) is 0 Å². The van der Waals surface area contributed by atoms with E-state index in [2.05, 4.69) is 46.8 Å². The van der Waals surface area contributed by atoms with Crippen LogP contribution < -0.4 is 0 Å². The lowest BCUT2D eigenvalue weighted by Crippen LogP contribution is -1.94. The topological polar surface area (TPSA) is 17.8 Å². The lowest BCUT2D eigenvalue weighted by molar-refractivity contribution is 0.816. The second kappa shape index (κ2) is 3.09. The Morgan fingerprint density at radius 2 is 1.87 bits per heavy atom. The number of fused-ring (bicyclic) bond motifs is 3. The van der Waals surface area contributed by atoms with Gasteiger partial charge in [-0.25, -0.2) is 4.98 Å². The molecule has 0 aliphatic carbocycles. The molecule has 0 unspecified atom stereocenters. The van der Waals surface area contributed by atoms with Crippen molar-refractivity contribution in [3.63, 3.8) is 0 Å². The van der Waals surface area contributed by atoms with Gasteiger partial charge in [0.25, 0.3) is 0 Å². The van der Waals surface area contributed by atoms with Gasteiger partial charge in [-0.3, -0.25) is 0 Å². The van der Waals surface area contributed by atoms with Gasteiger partial charge in [-0.1, -0.05) is 18.2 Å². The third kappa shape index (κ3) is 1.08. The van der Waals surface area contributed by atoms with Crippen LogP contribution in [-0.4, -0.2) is 9.55 Å². The third-order valence-corrected chi connectivity index (χ3v) is 2.84. The first-order valence-electron chi connectivity index (χ1n) is 5.24. The molecule has 0 bridgehead atoms. The monoisotopic (exact) mass is 196 g/mol. The minimum Gasteiger partial charge on any atom is -0.326 e. The van der Waals surface area contributed by atoms with Crippen molar-refractivity contribution in [1.82, 2.24) is 9.55 Å². The van der Waals surface area contributed by atoms with Crippen LogP contribution in [0.25, 0.3) is 21.9 Å². The number of hydrogen-bond acceptors (Lipinski definition) is 1. The summed E-state index contributed by atoms with van der Waals surface area (Å²) in [5.74, 6) is 0. The second-order valence-corrected chi connectivity index (χ2v) is 3.64. The van der Waals surface area contributed by atoms with Crippen LogP contribution in [0.15, 0.2) is 42.6 Å². The zero-order valence-corrected chi connectivity index (χ0v) is 8.64. The van der Waals surface area contributed by atoms with Crippen molar-refractivity contribution in [2.24, 2.45) is 0 Å². The molecule has 0 N–H and O–H groups in total. The van der Waals surface area contributed by atoms with Gasteiger partial charge < -0.3 is 4.57 Å². The molecule has 2 heterocycles. The summed E-state index contributed by atoms with van der Waals surface area (Å²) in [5, 5.41) is 2.54. The highest BCUT2D eigenvalue weighted by molar-refractivity contribution is 6.06. The summed E-state index contributed by atoms with van der Waals surface area (Å²) in [6.07, 6.45) is 1.85. The molecule has 3 aromatic rings. The molecule has 2 nitrogen and oxygen atoms in total. The van der Waals surface area contributed by atoms with Gasteiger partial charge in [-0.05, 0) is 25.1 Å². The summed E-state index contributed by atoms with van der Waals surface area (Å²) in [6.45, 7) is 3.11.